The Morgan fingerprint density at radius 1 is 1.16 bits per heavy atom. The molecule has 2 aliphatic rings. The molecule has 2 unspecified atom stereocenters. The molecule has 1 aromatic carbocycles. The average Bonchev–Trinajstić information content (AvgIpc) is 2.84. The molecule has 0 radical (unpaired) electrons. The van der Waals surface area contributed by atoms with Crippen molar-refractivity contribution < 1.29 is 15.1 Å². The Balaban J connectivity index is 1.90. The van der Waals surface area contributed by atoms with E-state index in [2.05, 4.69) is 5.16 Å². The van der Waals surface area contributed by atoms with E-state index in [1.807, 2.05) is 18.2 Å². The fraction of sp³-hybridized carbons (Fsp3) is 0.533. The predicted octanol–water partition coefficient (Wildman–Crippen LogP) is 2.49. The molecule has 4 heteroatoms. The maximum absolute atomic E-state index is 9.86. The van der Waals surface area contributed by atoms with Gasteiger partial charge in [-0.05, 0) is 44.6 Å². The average molecular weight is 261 g/mol. The van der Waals surface area contributed by atoms with Crippen LogP contribution in [0.4, 0.5) is 0 Å². The van der Waals surface area contributed by atoms with Crippen LogP contribution in [0, 0.1) is 0 Å². The summed E-state index contributed by atoms with van der Waals surface area (Å²) in [6, 6.07) is 5.84. The lowest BCUT2D eigenvalue weighted by Crippen LogP contribution is -2.26. The third kappa shape index (κ3) is 2.32. The summed E-state index contributed by atoms with van der Waals surface area (Å²) < 4.78 is 5.99. The van der Waals surface area contributed by atoms with Gasteiger partial charge >= 0.3 is 0 Å². The quantitative estimate of drug-likeness (QED) is 0.635. The lowest BCUT2D eigenvalue weighted by atomic mass is 9.89. The largest absolute Gasteiger partial charge is 0.487 e. The Kier molecular flexibility index (Phi) is 3.42. The minimum absolute atomic E-state index is 0.0945. The van der Waals surface area contributed by atoms with Crippen molar-refractivity contribution in [3.8, 4) is 5.75 Å². The monoisotopic (exact) mass is 261 g/mol. The van der Waals surface area contributed by atoms with Crippen LogP contribution in [0.15, 0.2) is 23.4 Å². The van der Waals surface area contributed by atoms with Crippen LogP contribution >= 0.6 is 0 Å². The molecule has 2 N–H and O–H groups in total. The first-order chi connectivity index (χ1) is 9.29. The normalized spacial score (nSPS) is 28.4. The number of nitrogens with zero attached hydrogens (tertiary/aromatic N) is 1. The molecular formula is C15H19NO3. The summed E-state index contributed by atoms with van der Waals surface area (Å²) >= 11 is 0. The minimum Gasteiger partial charge on any atom is -0.487 e. The van der Waals surface area contributed by atoms with Crippen molar-refractivity contribution in [3.05, 3.63) is 29.3 Å². The van der Waals surface area contributed by atoms with Crippen molar-refractivity contribution in [2.75, 3.05) is 0 Å². The summed E-state index contributed by atoms with van der Waals surface area (Å²) in [6.07, 6.45) is 5.01. The minimum atomic E-state index is -0.356. The number of aliphatic hydroxyl groups is 1. The molecule has 3 rings (SSSR count). The fourth-order valence-corrected chi connectivity index (χ4v) is 3.08. The highest BCUT2D eigenvalue weighted by Gasteiger charge is 2.28. The summed E-state index contributed by atoms with van der Waals surface area (Å²) in [4.78, 5) is 0. The number of hydrogen-bond acceptors (Lipinski definition) is 4. The van der Waals surface area contributed by atoms with Gasteiger partial charge < -0.3 is 15.1 Å². The Bertz CT molecular complexity index is 498. The van der Waals surface area contributed by atoms with Crippen LogP contribution in [0.25, 0.3) is 0 Å². The molecule has 1 aromatic rings. The number of benzene rings is 1. The van der Waals surface area contributed by atoms with Crippen molar-refractivity contribution in [1.29, 1.82) is 0 Å². The third-order valence-corrected chi connectivity index (χ3v) is 4.10. The molecule has 0 spiro atoms. The molecule has 0 aromatic heterocycles. The summed E-state index contributed by atoms with van der Waals surface area (Å²) in [5.74, 6) is 0.837. The van der Waals surface area contributed by atoms with E-state index >= 15 is 0 Å². The number of ether oxygens (including phenoxy) is 1. The van der Waals surface area contributed by atoms with Crippen LogP contribution in [0.1, 0.15) is 43.2 Å². The molecule has 19 heavy (non-hydrogen) atoms. The van der Waals surface area contributed by atoms with Gasteiger partial charge in [-0.15, -0.1) is 0 Å². The Morgan fingerprint density at radius 3 is 2.79 bits per heavy atom. The van der Waals surface area contributed by atoms with Gasteiger partial charge in [0, 0.05) is 11.1 Å². The van der Waals surface area contributed by atoms with Crippen molar-refractivity contribution >= 4 is 5.71 Å². The van der Waals surface area contributed by atoms with Gasteiger partial charge in [0.2, 0.25) is 0 Å². The molecule has 0 aliphatic heterocycles. The SMILES string of the molecule is ON=C1CCCc2c(OC3CCCC3O)cccc21. The first-order valence-electron chi connectivity index (χ1n) is 6.97. The Labute approximate surface area is 112 Å². The first-order valence-corrected chi connectivity index (χ1v) is 6.97. The lowest BCUT2D eigenvalue weighted by molar-refractivity contribution is 0.0597. The second kappa shape index (κ2) is 5.21. The molecular weight excluding hydrogens is 242 g/mol. The molecule has 2 aliphatic carbocycles. The Hall–Kier alpha value is -1.55. The molecule has 1 saturated carbocycles. The molecule has 102 valence electrons. The van der Waals surface area contributed by atoms with Gasteiger partial charge in [-0.3, -0.25) is 0 Å². The molecule has 4 nitrogen and oxygen atoms in total. The zero-order valence-electron chi connectivity index (χ0n) is 10.9. The van der Waals surface area contributed by atoms with Gasteiger partial charge in [0.15, 0.2) is 0 Å². The van der Waals surface area contributed by atoms with E-state index < -0.39 is 0 Å². The van der Waals surface area contributed by atoms with E-state index in [9.17, 15) is 5.11 Å². The molecule has 1 fully saturated rings. The van der Waals surface area contributed by atoms with Crippen molar-refractivity contribution in [2.24, 2.45) is 5.16 Å². The van der Waals surface area contributed by atoms with E-state index in [1.54, 1.807) is 0 Å². The highest BCUT2D eigenvalue weighted by molar-refractivity contribution is 6.02. The van der Waals surface area contributed by atoms with Crippen LogP contribution in [0.2, 0.25) is 0 Å². The van der Waals surface area contributed by atoms with E-state index in [-0.39, 0.29) is 12.2 Å². The number of oxime groups is 1. The maximum atomic E-state index is 9.86. The topological polar surface area (TPSA) is 62.1 Å². The van der Waals surface area contributed by atoms with Crippen LogP contribution in [-0.4, -0.2) is 28.2 Å². The van der Waals surface area contributed by atoms with E-state index in [4.69, 9.17) is 9.94 Å². The van der Waals surface area contributed by atoms with Crippen molar-refractivity contribution in [2.45, 2.75) is 50.7 Å². The summed E-state index contributed by atoms with van der Waals surface area (Å²) in [5.41, 5.74) is 2.83. The summed E-state index contributed by atoms with van der Waals surface area (Å²) in [5, 5.41) is 22.3. The lowest BCUT2D eigenvalue weighted by Gasteiger charge is -2.23. The molecule has 2 atom stereocenters. The van der Waals surface area contributed by atoms with Gasteiger partial charge in [-0.2, -0.15) is 0 Å². The Morgan fingerprint density at radius 2 is 2.05 bits per heavy atom. The fourth-order valence-electron chi connectivity index (χ4n) is 3.08. The second-order valence-corrected chi connectivity index (χ2v) is 5.34. The molecule has 0 amide bonds. The maximum Gasteiger partial charge on any atom is 0.124 e. The zero-order valence-corrected chi connectivity index (χ0v) is 10.9. The van der Waals surface area contributed by atoms with Crippen LogP contribution in [-0.2, 0) is 6.42 Å². The molecule has 0 saturated heterocycles. The molecule has 0 heterocycles. The van der Waals surface area contributed by atoms with Gasteiger partial charge in [0.25, 0.3) is 0 Å². The highest BCUT2D eigenvalue weighted by atomic mass is 16.5. The predicted molar refractivity (Wildman–Crippen MR) is 72.0 cm³/mol. The van der Waals surface area contributed by atoms with Gasteiger partial charge in [0.1, 0.15) is 11.9 Å². The molecule has 0 bridgehead atoms. The summed E-state index contributed by atoms with van der Waals surface area (Å²) in [7, 11) is 0. The third-order valence-electron chi connectivity index (χ3n) is 4.10. The van der Waals surface area contributed by atoms with Crippen LogP contribution < -0.4 is 4.74 Å². The van der Waals surface area contributed by atoms with Gasteiger partial charge in [-0.25, -0.2) is 0 Å². The highest BCUT2D eigenvalue weighted by Crippen LogP contribution is 2.33. The first kappa shape index (κ1) is 12.5. The number of fused-ring (bicyclic) bond motifs is 1. The van der Waals surface area contributed by atoms with Crippen LogP contribution in [0.5, 0.6) is 5.75 Å². The summed E-state index contributed by atoms with van der Waals surface area (Å²) in [6.45, 7) is 0. The van der Waals surface area contributed by atoms with E-state index in [0.717, 1.165) is 61.1 Å². The number of aliphatic hydroxyl groups excluding tert-OH is 1. The van der Waals surface area contributed by atoms with Gasteiger partial charge in [-0.1, -0.05) is 17.3 Å². The van der Waals surface area contributed by atoms with E-state index in [0.29, 0.717) is 0 Å². The van der Waals surface area contributed by atoms with E-state index in [1.165, 1.54) is 0 Å². The van der Waals surface area contributed by atoms with Crippen LogP contribution in [0.3, 0.4) is 0 Å². The second-order valence-electron chi connectivity index (χ2n) is 5.34. The smallest absolute Gasteiger partial charge is 0.124 e. The van der Waals surface area contributed by atoms with Gasteiger partial charge in [0.05, 0.1) is 11.8 Å². The number of hydrogen-bond donors (Lipinski definition) is 2. The van der Waals surface area contributed by atoms with Crippen molar-refractivity contribution in [1.82, 2.24) is 0 Å². The standard InChI is InChI=1S/C15H19NO3/c17-13-7-3-9-15(13)19-14-8-2-4-10-11(14)5-1-6-12(10)16-18/h2,4,8,13,15,17-18H,1,3,5-7,9H2. The zero-order chi connectivity index (χ0) is 13.2. The number of rotatable bonds is 2. The van der Waals surface area contributed by atoms with Crippen molar-refractivity contribution in [3.63, 3.8) is 0 Å².